The van der Waals surface area contributed by atoms with Crippen molar-refractivity contribution in [1.29, 1.82) is 0 Å². The van der Waals surface area contributed by atoms with Gasteiger partial charge in [-0.2, -0.15) is 0 Å². The van der Waals surface area contributed by atoms with Gasteiger partial charge in [-0.3, -0.25) is 15.0 Å². The summed E-state index contributed by atoms with van der Waals surface area (Å²) in [5, 5.41) is 0. The van der Waals surface area contributed by atoms with Crippen LogP contribution in [-0.2, 0) is 0 Å². The van der Waals surface area contributed by atoms with Gasteiger partial charge in [-0.15, -0.1) is 0 Å². The molecule has 0 amide bonds. The van der Waals surface area contributed by atoms with Gasteiger partial charge in [0.15, 0.2) is 0 Å². The summed E-state index contributed by atoms with van der Waals surface area (Å²) in [6, 6.07) is 4.20. The highest BCUT2D eigenvalue weighted by atomic mass is 15.1. The van der Waals surface area contributed by atoms with E-state index >= 15 is 0 Å². The molecule has 3 heterocycles. The fourth-order valence-corrected chi connectivity index (χ4v) is 2.38. The minimum atomic E-state index is 0.447. The predicted octanol–water partition coefficient (Wildman–Crippen LogP) is 2.75. The first-order valence-corrected chi connectivity index (χ1v) is 6.77. The lowest BCUT2D eigenvalue weighted by Crippen LogP contribution is -2.10. The molecule has 1 aliphatic rings. The van der Waals surface area contributed by atoms with Gasteiger partial charge in [0.25, 0.3) is 0 Å². The van der Waals surface area contributed by atoms with Crippen molar-refractivity contribution < 1.29 is 0 Å². The van der Waals surface area contributed by atoms with Gasteiger partial charge in [0.1, 0.15) is 0 Å². The number of anilines is 1. The van der Waals surface area contributed by atoms with Crippen LogP contribution in [0.1, 0.15) is 24.0 Å². The second kappa shape index (κ2) is 5.04. The number of rotatable bonds is 2. The molecule has 0 fully saturated rings. The summed E-state index contributed by atoms with van der Waals surface area (Å²) in [5.74, 6) is 0.447. The summed E-state index contributed by atoms with van der Waals surface area (Å²) >= 11 is 0. The van der Waals surface area contributed by atoms with E-state index in [0.29, 0.717) is 5.92 Å². The Balaban J connectivity index is 2.04. The van der Waals surface area contributed by atoms with Crippen LogP contribution in [0.2, 0.25) is 0 Å². The molecule has 2 aromatic heterocycles. The molecule has 0 saturated carbocycles. The second-order valence-corrected chi connectivity index (χ2v) is 5.42. The summed E-state index contributed by atoms with van der Waals surface area (Å²) in [4.78, 5) is 15.3. The molecular formula is C16H18N4. The Morgan fingerprint density at radius 2 is 2.00 bits per heavy atom. The number of hydrogen-bond donors (Lipinski definition) is 0. The largest absolute Gasteiger partial charge is 0.376 e. The first kappa shape index (κ1) is 12.8. The fraction of sp³-hybridized carbons (Fsp3) is 0.312. The maximum absolute atomic E-state index is 4.59. The van der Waals surface area contributed by atoms with Crippen molar-refractivity contribution in [3.8, 4) is 11.3 Å². The van der Waals surface area contributed by atoms with Gasteiger partial charge in [0.2, 0.25) is 0 Å². The second-order valence-electron chi connectivity index (χ2n) is 5.42. The van der Waals surface area contributed by atoms with E-state index in [4.69, 9.17) is 0 Å². The van der Waals surface area contributed by atoms with Crippen LogP contribution >= 0.6 is 0 Å². The minimum absolute atomic E-state index is 0.447. The van der Waals surface area contributed by atoms with Gasteiger partial charge in [0, 0.05) is 50.7 Å². The molecule has 4 heteroatoms. The van der Waals surface area contributed by atoms with E-state index in [-0.39, 0.29) is 0 Å². The molecule has 2 aromatic rings. The zero-order chi connectivity index (χ0) is 14.1. The molecule has 0 aliphatic carbocycles. The summed E-state index contributed by atoms with van der Waals surface area (Å²) in [6.45, 7) is 3.04. The summed E-state index contributed by atoms with van der Waals surface area (Å²) in [6.07, 6.45) is 7.63. The summed E-state index contributed by atoms with van der Waals surface area (Å²) in [7, 11) is 4.02. The number of fused-ring (bicyclic) bond motifs is 1. The Hall–Kier alpha value is -2.23. The Morgan fingerprint density at radius 1 is 1.15 bits per heavy atom. The lowest BCUT2D eigenvalue weighted by Gasteiger charge is -2.17. The van der Waals surface area contributed by atoms with Crippen LogP contribution in [0.3, 0.4) is 0 Å². The quantitative estimate of drug-likeness (QED) is 0.839. The molecule has 20 heavy (non-hydrogen) atoms. The van der Waals surface area contributed by atoms with E-state index in [1.807, 2.05) is 43.8 Å². The third kappa shape index (κ3) is 2.29. The maximum atomic E-state index is 4.59. The van der Waals surface area contributed by atoms with Crippen LogP contribution in [0.5, 0.6) is 0 Å². The monoisotopic (exact) mass is 266 g/mol. The number of aliphatic imine (C=N–C) groups is 1. The molecule has 3 rings (SSSR count). The summed E-state index contributed by atoms with van der Waals surface area (Å²) < 4.78 is 0. The van der Waals surface area contributed by atoms with Crippen molar-refractivity contribution >= 4 is 11.9 Å². The van der Waals surface area contributed by atoms with E-state index in [0.717, 1.165) is 23.5 Å². The minimum Gasteiger partial charge on any atom is -0.376 e. The molecule has 0 spiro atoms. The first-order valence-electron chi connectivity index (χ1n) is 6.77. The molecule has 0 aromatic carbocycles. The fourth-order valence-electron chi connectivity index (χ4n) is 2.38. The van der Waals surface area contributed by atoms with E-state index in [1.54, 1.807) is 0 Å². The van der Waals surface area contributed by atoms with Gasteiger partial charge in [-0.1, -0.05) is 6.92 Å². The van der Waals surface area contributed by atoms with Crippen LogP contribution in [0.15, 0.2) is 35.7 Å². The topological polar surface area (TPSA) is 41.4 Å². The van der Waals surface area contributed by atoms with Crippen LogP contribution in [0.25, 0.3) is 11.3 Å². The molecule has 0 radical (unpaired) electrons. The van der Waals surface area contributed by atoms with Crippen LogP contribution < -0.4 is 4.90 Å². The third-order valence-electron chi connectivity index (χ3n) is 3.64. The third-order valence-corrected chi connectivity index (χ3v) is 3.64. The van der Waals surface area contributed by atoms with Gasteiger partial charge < -0.3 is 4.90 Å². The molecule has 0 N–H and O–H groups in total. The van der Waals surface area contributed by atoms with Gasteiger partial charge in [-0.05, 0) is 23.3 Å². The SMILES string of the molecule is C[C@@H]1CN=Cc2cc(-c3cncc(N(C)C)c3)ncc21. The molecule has 0 bridgehead atoms. The summed E-state index contributed by atoms with van der Waals surface area (Å²) in [5.41, 5.74) is 5.50. The van der Waals surface area contributed by atoms with Crippen molar-refractivity contribution in [1.82, 2.24) is 9.97 Å². The Bertz CT molecular complexity index is 661. The van der Waals surface area contributed by atoms with Crippen molar-refractivity contribution in [2.24, 2.45) is 4.99 Å². The normalized spacial score (nSPS) is 16.9. The van der Waals surface area contributed by atoms with E-state index in [1.165, 1.54) is 11.1 Å². The average Bonchev–Trinajstić information content (AvgIpc) is 2.47. The average molecular weight is 266 g/mol. The van der Waals surface area contributed by atoms with Crippen molar-refractivity contribution in [3.05, 3.63) is 41.9 Å². The predicted molar refractivity (Wildman–Crippen MR) is 82.7 cm³/mol. The molecule has 4 nitrogen and oxygen atoms in total. The number of pyridine rings is 2. The first-order chi connectivity index (χ1) is 9.65. The lowest BCUT2D eigenvalue weighted by atomic mass is 9.95. The molecule has 102 valence electrons. The van der Waals surface area contributed by atoms with Gasteiger partial charge >= 0.3 is 0 Å². The number of aromatic nitrogens is 2. The lowest BCUT2D eigenvalue weighted by molar-refractivity contribution is 0.760. The number of nitrogens with zero attached hydrogens (tertiary/aromatic N) is 4. The van der Waals surface area contributed by atoms with Crippen molar-refractivity contribution in [2.75, 3.05) is 25.5 Å². The molecule has 1 atom stereocenters. The van der Waals surface area contributed by atoms with Crippen molar-refractivity contribution in [2.45, 2.75) is 12.8 Å². The Labute approximate surface area is 119 Å². The zero-order valence-electron chi connectivity index (χ0n) is 12.0. The van der Waals surface area contributed by atoms with Gasteiger partial charge in [-0.25, -0.2) is 0 Å². The number of hydrogen-bond acceptors (Lipinski definition) is 4. The highest BCUT2D eigenvalue weighted by molar-refractivity contribution is 5.85. The van der Waals surface area contributed by atoms with Crippen LogP contribution in [0, 0.1) is 0 Å². The molecule has 1 aliphatic heterocycles. The van der Waals surface area contributed by atoms with Crippen molar-refractivity contribution in [3.63, 3.8) is 0 Å². The molecule has 0 unspecified atom stereocenters. The Kier molecular flexibility index (Phi) is 3.22. The smallest absolute Gasteiger partial charge is 0.0724 e. The molecule has 0 saturated heterocycles. The van der Waals surface area contributed by atoms with Gasteiger partial charge in [0.05, 0.1) is 17.6 Å². The molecular weight excluding hydrogens is 248 g/mol. The standard InChI is InChI=1S/C16H18N4/c1-11-6-17-7-12-5-16(19-10-15(11)12)13-4-14(20(2)3)9-18-8-13/h4-5,7-11H,6H2,1-3H3/t11-/m1/s1. The Morgan fingerprint density at radius 3 is 2.80 bits per heavy atom. The zero-order valence-corrected chi connectivity index (χ0v) is 12.0. The van der Waals surface area contributed by atoms with E-state index < -0.39 is 0 Å². The highest BCUT2D eigenvalue weighted by Gasteiger charge is 2.15. The highest BCUT2D eigenvalue weighted by Crippen LogP contribution is 2.27. The van der Waals surface area contributed by atoms with Crippen LogP contribution in [0.4, 0.5) is 5.69 Å². The maximum Gasteiger partial charge on any atom is 0.0724 e. The van der Waals surface area contributed by atoms with Crippen LogP contribution in [-0.4, -0.2) is 36.8 Å². The van der Waals surface area contributed by atoms with E-state index in [9.17, 15) is 0 Å². The van der Waals surface area contributed by atoms with E-state index in [2.05, 4.69) is 34.0 Å².